The minimum Gasteiger partial charge on any atom is -0.287 e. The summed E-state index contributed by atoms with van der Waals surface area (Å²) >= 11 is 24.4. The highest BCUT2D eigenvalue weighted by atomic mass is 32.2. The maximum Gasteiger partial charge on any atom is 0.197 e. The van der Waals surface area contributed by atoms with E-state index in [1.807, 2.05) is 55.4 Å². The van der Waals surface area contributed by atoms with Gasteiger partial charge in [-0.3, -0.25) is 14.4 Å². The van der Waals surface area contributed by atoms with Crippen LogP contribution in [-0.2, 0) is 14.4 Å². The predicted molar refractivity (Wildman–Crippen MR) is 324 cm³/mol. The maximum atomic E-state index is 11.5. The van der Waals surface area contributed by atoms with Gasteiger partial charge in [0.15, 0.2) is 15.3 Å². The Balaban J connectivity index is -0.000000421. The molecule has 0 saturated carbocycles. The lowest BCUT2D eigenvalue weighted by Gasteiger charge is -2.05. The van der Waals surface area contributed by atoms with Crippen molar-refractivity contribution in [3.8, 4) is 0 Å². The Morgan fingerprint density at radius 1 is 0.308 bits per heavy atom. The quantitative estimate of drug-likeness (QED) is 0.0444. The first-order chi connectivity index (χ1) is 31.2. The van der Waals surface area contributed by atoms with Crippen molar-refractivity contribution in [1.82, 2.24) is 0 Å². The second-order valence-electron chi connectivity index (χ2n) is 17.6. The van der Waals surface area contributed by atoms with Gasteiger partial charge in [0.1, 0.15) is 10.6 Å². The first-order valence-corrected chi connectivity index (χ1v) is 33.0. The lowest BCUT2D eigenvalue weighted by molar-refractivity contribution is -0.114. The van der Waals surface area contributed by atoms with Gasteiger partial charge in [-0.25, -0.2) is 0 Å². The number of unbranched alkanes of at least 4 members (excludes halogenated alkanes) is 27. The minimum absolute atomic E-state index is 0.0749. The molecule has 0 aromatic carbocycles. The predicted octanol–water partition coefficient (Wildman–Crippen LogP) is 21.5. The third-order valence-electron chi connectivity index (χ3n) is 10.1. The van der Waals surface area contributed by atoms with Crippen LogP contribution < -0.4 is 0 Å². The fraction of sp³-hybridized carbons (Fsp3) is 0.887. The summed E-state index contributed by atoms with van der Waals surface area (Å²) in [6.45, 7) is 22.3. The Labute approximate surface area is 447 Å². The van der Waals surface area contributed by atoms with E-state index in [0.717, 1.165) is 27.8 Å². The average molecular weight is 1080 g/mol. The van der Waals surface area contributed by atoms with Crippen molar-refractivity contribution in [2.45, 2.75) is 269 Å². The molecule has 0 saturated heterocycles. The highest BCUT2D eigenvalue weighted by molar-refractivity contribution is 8.53. The van der Waals surface area contributed by atoms with Crippen LogP contribution in [0.5, 0.6) is 0 Å². The molecular weight excluding hydrogens is 973 g/mol. The number of rotatable bonds is 36. The molecule has 0 aliphatic rings. The second kappa shape index (κ2) is 59.7. The largest absolute Gasteiger partial charge is 0.287 e. The van der Waals surface area contributed by atoms with E-state index in [1.165, 1.54) is 228 Å². The molecule has 65 heavy (non-hydrogen) atoms. The highest BCUT2D eigenvalue weighted by Gasteiger charge is 2.13. The van der Waals surface area contributed by atoms with Crippen LogP contribution in [0.4, 0.5) is 0 Å². The minimum atomic E-state index is 0.0749. The third kappa shape index (κ3) is 63.4. The molecule has 0 radical (unpaired) electrons. The summed E-state index contributed by atoms with van der Waals surface area (Å²) < 4.78 is 2.39. The summed E-state index contributed by atoms with van der Waals surface area (Å²) in [5, 5.41) is 0.571. The number of carbonyl (C=O) groups is 3. The highest BCUT2D eigenvalue weighted by Crippen LogP contribution is 2.25. The molecule has 0 spiro atoms. The Morgan fingerprint density at radius 2 is 0.462 bits per heavy atom. The molecule has 0 aromatic heterocycles. The lowest BCUT2D eigenvalue weighted by atomic mass is 10.1. The van der Waals surface area contributed by atoms with Crippen LogP contribution in [0.3, 0.4) is 0 Å². The van der Waals surface area contributed by atoms with Crippen molar-refractivity contribution in [3.63, 3.8) is 0 Å². The Hall–Kier alpha value is 1.38. The first kappa shape index (κ1) is 72.9. The van der Waals surface area contributed by atoms with Gasteiger partial charge in [-0.2, -0.15) is 0 Å². The van der Waals surface area contributed by atoms with Gasteiger partial charge in [0.25, 0.3) is 0 Å². The van der Waals surface area contributed by atoms with Crippen molar-refractivity contribution in [2.75, 3.05) is 17.3 Å². The molecule has 0 rings (SSSR count). The van der Waals surface area contributed by atoms with E-state index in [4.69, 9.17) is 36.7 Å². The van der Waals surface area contributed by atoms with E-state index in [2.05, 4.69) is 20.8 Å². The fourth-order valence-electron chi connectivity index (χ4n) is 5.92. The summed E-state index contributed by atoms with van der Waals surface area (Å²) in [5.41, 5.74) is 0. The number of hydrogen-bond donors (Lipinski definition) is 0. The normalized spacial score (nSPS) is 10.8. The van der Waals surface area contributed by atoms with Gasteiger partial charge in [0, 0.05) is 17.8 Å². The molecule has 386 valence electrons. The lowest BCUT2D eigenvalue weighted by Crippen LogP contribution is -2.03. The topological polar surface area (TPSA) is 51.2 Å². The molecule has 0 aliphatic carbocycles. The summed E-state index contributed by atoms with van der Waals surface area (Å²) in [4.78, 5) is 34.6. The van der Waals surface area contributed by atoms with Crippen LogP contribution in [0.2, 0.25) is 0 Å². The molecule has 0 amide bonds. The molecule has 12 heteroatoms. The van der Waals surface area contributed by atoms with Gasteiger partial charge >= 0.3 is 0 Å². The zero-order valence-electron chi connectivity index (χ0n) is 44.0. The van der Waals surface area contributed by atoms with Gasteiger partial charge in [-0.1, -0.05) is 286 Å². The Kier molecular flexibility index (Phi) is 67.0. The standard InChI is InChI=1S/3C17H32OS3.C2H6/c3*1-4-5-6-7-8-9-10-11-12-13-14-20-17(19)21-16(18)15(2)3;1-2/h3*15H,4-14H2,1-3H3;1-2H3. The van der Waals surface area contributed by atoms with Crippen LogP contribution in [0.15, 0.2) is 0 Å². The van der Waals surface area contributed by atoms with Crippen molar-refractivity contribution < 1.29 is 14.4 Å². The van der Waals surface area contributed by atoms with Gasteiger partial charge in [0.05, 0.1) is 0 Å². The van der Waals surface area contributed by atoms with Gasteiger partial charge < -0.3 is 0 Å². The summed E-state index contributed by atoms with van der Waals surface area (Å²) in [7, 11) is 0. The van der Waals surface area contributed by atoms with E-state index in [9.17, 15) is 14.4 Å². The molecule has 0 aromatic rings. The second-order valence-corrected chi connectivity index (χ2v) is 27.5. The molecule has 0 bridgehead atoms. The fourth-order valence-corrected chi connectivity index (χ4v) is 12.4. The number of thioether (sulfide) groups is 6. The third-order valence-corrected chi connectivity index (χ3v) is 18.4. The summed E-state index contributed by atoms with van der Waals surface area (Å²) in [6.07, 6.45) is 40.8. The van der Waals surface area contributed by atoms with Crippen molar-refractivity contribution in [2.24, 2.45) is 17.8 Å². The van der Waals surface area contributed by atoms with Crippen molar-refractivity contribution in [3.05, 3.63) is 0 Å². The summed E-state index contributed by atoms with van der Waals surface area (Å²) in [5.74, 6) is 3.41. The van der Waals surface area contributed by atoms with Gasteiger partial charge in [-0.15, -0.1) is 35.3 Å². The van der Waals surface area contributed by atoms with E-state index < -0.39 is 0 Å². The van der Waals surface area contributed by atoms with E-state index >= 15 is 0 Å². The van der Waals surface area contributed by atoms with Crippen LogP contribution in [0.1, 0.15) is 269 Å². The molecular formula is C53H102O3S9. The molecule has 0 fully saturated rings. The molecule has 3 nitrogen and oxygen atoms in total. The Bertz CT molecular complexity index is 965. The SMILES string of the molecule is CC.CCCCCCCCCCCCSC(=S)SC(=O)C(C)C.CCCCCCCCCCCCSC(=S)SC(=O)C(C)C.CCCCCCCCCCCCSC(=S)SC(=O)C(C)C. The molecule has 0 aliphatic heterocycles. The molecule has 0 unspecified atom stereocenters. The number of thiocarbonyl (C=S) groups is 3. The van der Waals surface area contributed by atoms with Gasteiger partial charge in [0.2, 0.25) is 0 Å². The monoisotopic (exact) mass is 1070 g/mol. The number of hydrogen-bond acceptors (Lipinski definition) is 12. The molecule has 0 heterocycles. The molecule has 0 atom stereocenters. The zero-order valence-corrected chi connectivity index (χ0v) is 51.3. The number of carbonyl (C=O) groups excluding carboxylic acids is 3. The Morgan fingerprint density at radius 3 is 0.615 bits per heavy atom. The van der Waals surface area contributed by atoms with E-state index in [0.29, 0.717) is 0 Å². The zero-order chi connectivity index (χ0) is 49.8. The van der Waals surface area contributed by atoms with Crippen molar-refractivity contribution in [1.29, 1.82) is 0 Å². The van der Waals surface area contributed by atoms with Gasteiger partial charge in [-0.05, 0) is 71.8 Å². The van der Waals surface area contributed by atoms with Crippen LogP contribution in [0.25, 0.3) is 0 Å². The summed E-state index contributed by atoms with van der Waals surface area (Å²) in [6, 6.07) is 0. The van der Waals surface area contributed by atoms with Crippen LogP contribution in [-0.4, -0.2) is 43.2 Å². The van der Waals surface area contributed by atoms with Crippen LogP contribution in [0, 0.1) is 17.8 Å². The van der Waals surface area contributed by atoms with E-state index in [-0.39, 0.29) is 33.1 Å². The van der Waals surface area contributed by atoms with Crippen LogP contribution >= 0.6 is 107 Å². The maximum absolute atomic E-state index is 11.5. The smallest absolute Gasteiger partial charge is 0.197 e. The average Bonchev–Trinajstić information content (AvgIpc) is 3.27. The van der Waals surface area contributed by atoms with Crippen molar-refractivity contribution >= 4 is 133 Å². The molecule has 0 N–H and O–H groups in total. The first-order valence-electron chi connectivity index (χ1n) is 26.4. The van der Waals surface area contributed by atoms with E-state index in [1.54, 1.807) is 35.3 Å².